The minimum atomic E-state index is -0.0427. The second-order valence-corrected chi connectivity index (χ2v) is 7.89. The average molecular weight is 397 g/mol. The number of aliphatic imine (C=N–C) groups is 1. The molecule has 0 unspecified atom stereocenters. The summed E-state index contributed by atoms with van der Waals surface area (Å²) in [5.74, 6) is 0.888. The van der Waals surface area contributed by atoms with Crippen LogP contribution in [0, 0.1) is 0 Å². The standard InChI is InChI=1S/C22H25ClN4O/c23-20-18(11-27-22(25)19(20)13-4-1-2-5-13)15-8-16(10-17(24)9-15)21-14(12-28)6-3-7-26-21/h6,8-11,13,28H,1-5,7,12,24H2,(H2,25,27). The van der Waals surface area contributed by atoms with E-state index in [4.69, 9.17) is 23.1 Å². The first-order chi connectivity index (χ1) is 13.6. The first-order valence-corrected chi connectivity index (χ1v) is 10.2. The summed E-state index contributed by atoms with van der Waals surface area (Å²) in [6, 6.07) is 5.79. The zero-order chi connectivity index (χ0) is 19.7. The number of rotatable bonds is 4. The number of aromatic nitrogens is 1. The van der Waals surface area contributed by atoms with Crippen molar-refractivity contribution in [3.63, 3.8) is 0 Å². The van der Waals surface area contributed by atoms with Crippen LogP contribution in [-0.4, -0.2) is 29.0 Å². The van der Waals surface area contributed by atoms with Crippen molar-refractivity contribution in [1.29, 1.82) is 0 Å². The van der Waals surface area contributed by atoms with Gasteiger partial charge in [-0.25, -0.2) is 4.98 Å². The fourth-order valence-corrected chi connectivity index (χ4v) is 4.70. The molecule has 2 aliphatic rings. The molecule has 0 radical (unpaired) electrons. The highest BCUT2D eigenvalue weighted by molar-refractivity contribution is 6.34. The van der Waals surface area contributed by atoms with Gasteiger partial charge in [0.15, 0.2) is 0 Å². The molecule has 1 saturated carbocycles. The molecule has 0 bridgehead atoms. The number of nitrogens with two attached hydrogens (primary N) is 2. The van der Waals surface area contributed by atoms with E-state index in [0.29, 0.717) is 29.0 Å². The third-order valence-corrected chi connectivity index (χ3v) is 6.06. The van der Waals surface area contributed by atoms with Gasteiger partial charge in [-0.3, -0.25) is 4.99 Å². The molecular formula is C22H25ClN4O. The molecule has 1 aliphatic carbocycles. The maximum atomic E-state index is 9.69. The fraction of sp³-hybridized carbons (Fsp3) is 0.364. The zero-order valence-corrected chi connectivity index (χ0v) is 16.5. The van der Waals surface area contributed by atoms with Crippen LogP contribution in [0.2, 0.25) is 5.02 Å². The number of hydrogen-bond donors (Lipinski definition) is 3. The Hall–Kier alpha value is -2.37. The normalized spacial score (nSPS) is 17.5. The topological polar surface area (TPSA) is 97.5 Å². The monoisotopic (exact) mass is 396 g/mol. The van der Waals surface area contributed by atoms with Crippen LogP contribution >= 0.6 is 11.6 Å². The minimum Gasteiger partial charge on any atom is -0.399 e. The smallest absolute Gasteiger partial charge is 0.128 e. The van der Waals surface area contributed by atoms with Gasteiger partial charge in [-0.15, -0.1) is 0 Å². The summed E-state index contributed by atoms with van der Waals surface area (Å²) in [5.41, 5.74) is 18.2. The van der Waals surface area contributed by atoms with E-state index in [1.165, 1.54) is 12.8 Å². The summed E-state index contributed by atoms with van der Waals surface area (Å²) < 4.78 is 0. The van der Waals surface area contributed by atoms with E-state index in [1.807, 2.05) is 24.3 Å². The van der Waals surface area contributed by atoms with Crippen molar-refractivity contribution in [1.82, 2.24) is 4.98 Å². The number of nitrogen functional groups attached to an aromatic ring is 2. The van der Waals surface area contributed by atoms with Crippen molar-refractivity contribution in [2.75, 3.05) is 24.6 Å². The molecule has 0 atom stereocenters. The number of pyridine rings is 1. The van der Waals surface area contributed by atoms with Crippen LogP contribution in [-0.2, 0) is 0 Å². The van der Waals surface area contributed by atoms with E-state index in [-0.39, 0.29) is 6.61 Å². The lowest BCUT2D eigenvalue weighted by molar-refractivity contribution is 0.336. The van der Waals surface area contributed by atoms with Crippen molar-refractivity contribution in [2.45, 2.75) is 38.0 Å². The van der Waals surface area contributed by atoms with E-state index < -0.39 is 0 Å². The Kier molecular flexibility index (Phi) is 5.38. The summed E-state index contributed by atoms with van der Waals surface area (Å²) in [7, 11) is 0. The third kappa shape index (κ3) is 3.52. The Morgan fingerprint density at radius 2 is 1.86 bits per heavy atom. The van der Waals surface area contributed by atoms with Crippen molar-refractivity contribution in [3.05, 3.63) is 52.2 Å². The Morgan fingerprint density at radius 3 is 2.61 bits per heavy atom. The van der Waals surface area contributed by atoms with E-state index in [0.717, 1.165) is 52.8 Å². The number of nitrogens with zero attached hydrogens (tertiary/aromatic N) is 2. The van der Waals surface area contributed by atoms with Crippen molar-refractivity contribution < 1.29 is 5.11 Å². The van der Waals surface area contributed by atoms with Gasteiger partial charge in [-0.2, -0.15) is 0 Å². The van der Waals surface area contributed by atoms with Gasteiger partial charge in [0.05, 0.1) is 17.3 Å². The lowest BCUT2D eigenvalue weighted by Crippen LogP contribution is -2.13. The van der Waals surface area contributed by atoms with Crippen LogP contribution in [0.4, 0.5) is 11.5 Å². The van der Waals surface area contributed by atoms with E-state index in [1.54, 1.807) is 6.20 Å². The van der Waals surface area contributed by atoms with E-state index in [2.05, 4.69) is 9.98 Å². The summed E-state index contributed by atoms with van der Waals surface area (Å²) in [4.78, 5) is 9.04. The second-order valence-electron chi connectivity index (χ2n) is 7.52. The molecule has 2 aromatic rings. The van der Waals surface area contributed by atoms with E-state index >= 15 is 0 Å². The van der Waals surface area contributed by atoms with Crippen LogP contribution in [0.15, 0.2) is 41.0 Å². The summed E-state index contributed by atoms with van der Waals surface area (Å²) in [6.45, 7) is 0.665. The molecule has 0 spiro atoms. The van der Waals surface area contributed by atoms with E-state index in [9.17, 15) is 5.11 Å². The Labute approximate surface area is 170 Å². The number of dihydropyridines is 1. The summed E-state index contributed by atoms with van der Waals surface area (Å²) in [5, 5.41) is 10.4. The molecule has 1 fully saturated rings. The Morgan fingerprint density at radius 1 is 1.11 bits per heavy atom. The first kappa shape index (κ1) is 19.0. The molecule has 1 aliphatic heterocycles. The number of aliphatic hydroxyl groups is 1. The summed E-state index contributed by atoms with van der Waals surface area (Å²) >= 11 is 6.83. The van der Waals surface area contributed by atoms with Gasteiger partial charge < -0.3 is 16.6 Å². The highest BCUT2D eigenvalue weighted by Crippen LogP contribution is 2.43. The Balaban J connectivity index is 1.80. The minimum absolute atomic E-state index is 0.0427. The lowest BCUT2D eigenvalue weighted by Gasteiger charge is -2.18. The predicted octanol–water partition coefficient (Wildman–Crippen LogP) is 4.34. The molecule has 4 rings (SSSR count). The first-order valence-electron chi connectivity index (χ1n) is 9.78. The number of halogens is 1. The quantitative estimate of drug-likeness (QED) is 0.669. The van der Waals surface area contributed by atoms with Crippen LogP contribution < -0.4 is 11.5 Å². The predicted molar refractivity (Wildman–Crippen MR) is 116 cm³/mol. The van der Waals surface area contributed by atoms with Crippen LogP contribution in [0.25, 0.3) is 11.1 Å². The highest BCUT2D eigenvalue weighted by atomic mass is 35.5. The van der Waals surface area contributed by atoms with Crippen molar-refractivity contribution in [2.24, 2.45) is 4.99 Å². The number of hydrogen-bond acceptors (Lipinski definition) is 5. The molecule has 0 amide bonds. The van der Waals surface area contributed by atoms with Crippen LogP contribution in [0.5, 0.6) is 0 Å². The fourth-order valence-electron chi connectivity index (χ4n) is 4.30. The maximum absolute atomic E-state index is 9.69. The molecule has 0 saturated heterocycles. The van der Waals surface area contributed by atoms with Crippen LogP contribution in [0.3, 0.4) is 0 Å². The number of benzene rings is 1. The molecule has 5 nitrogen and oxygen atoms in total. The number of aliphatic hydroxyl groups excluding tert-OH is 1. The largest absolute Gasteiger partial charge is 0.399 e. The molecular weight excluding hydrogens is 372 g/mol. The SMILES string of the molecule is Nc1cc(C2=NCCC=C2CO)cc(-c2cnc(N)c(C3CCCC3)c2Cl)c1. The highest BCUT2D eigenvalue weighted by Gasteiger charge is 2.25. The maximum Gasteiger partial charge on any atom is 0.128 e. The Bertz CT molecular complexity index is 961. The van der Waals surface area contributed by atoms with Gasteiger partial charge in [-0.05, 0) is 54.5 Å². The molecule has 5 N–H and O–H groups in total. The van der Waals surface area contributed by atoms with Gasteiger partial charge in [0.2, 0.25) is 0 Å². The van der Waals surface area contributed by atoms with Gasteiger partial charge >= 0.3 is 0 Å². The third-order valence-electron chi connectivity index (χ3n) is 5.65. The van der Waals surface area contributed by atoms with Gasteiger partial charge in [0.25, 0.3) is 0 Å². The lowest BCUT2D eigenvalue weighted by atomic mass is 9.92. The average Bonchev–Trinajstić information content (AvgIpc) is 3.22. The second kappa shape index (κ2) is 7.94. The molecule has 6 heteroatoms. The van der Waals surface area contributed by atoms with Crippen molar-refractivity contribution >= 4 is 28.8 Å². The molecule has 146 valence electrons. The molecule has 1 aromatic carbocycles. The van der Waals surface area contributed by atoms with Gasteiger partial charge in [0.1, 0.15) is 5.82 Å². The zero-order valence-electron chi connectivity index (χ0n) is 15.8. The number of anilines is 2. The van der Waals surface area contributed by atoms with Crippen molar-refractivity contribution in [3.8, 4) is 11.1 Å². The van der Waals surface area contributed by atoms with Crippen LogP contribution in [0.1, 0.15) is 49.1 Å². The van der Waals surface area contributed by atoms with Gasteiger partial charge in [0, 0.05) is 35.1 Å². The summed E-state index contributed by atoms with van der Waals surface area (Å²) in [6.07, 6.45) is 9.18. The van der Waals surface area contributed by atoms with Gasteiger partial charge in [-0.1, -0.05) is 30.5 Å². The molecule has 28 heavy (non-hydrogen) atoms. The molecule has 1 aromatic heterocycles. The molecule has 2 heterocycles.